The van der Waals surface area contributed by atoms with E-state index in [4.69, 9.17) is 14.2 Å². The molecule has 8 heteroatoms. The van der Waals surface area contributed by atoms with Crippen molar-refractivity contribution in [2.75, 3.05) is 19.8 Å². The summed E-state index contributed by atoms with van der Waals surface area (Å²) in [6.45, 7) is 6.45. The average molecular weight is 428 g/mol. The third-order valence-electron chi connectivity index (χ3n) is 3.92. The van der Waals surface area contributed by atoms with Gasteiger partial charge in [-0.2, -0.15) is 0 Å². The van der Waals surface area contributed by atoms with E-state index in [1.807, 2.05) is 20.8 Å². The average Bonchev–Trinajstić information content (AvgIpc) is 2.78. The van der Waals surface area contributed by atoms with Crippen LogP contribution in [-0.4, -0.2) is 37.6 Å². The van der Waals surface area contributed by atoms with E-state index in [0.717, 1.165) is 6.42 Å². The molecule has 2 aromatic rings. The van der Waals surface area contributed by atoms with Crippen LogP contribution in [0.3, 0.4) is 0 Å². The largest absolute Gasteiger partial charge is 0.492 e. The summed E-state index contributed by atoms with van der Waals surface area (Å²) in [4.78, 5) is 36.1. The van der Waals surface area contributed by atoms with Gasteiger partial charge >= 0.3 is 5.97 Å². The number of hydrazine groups is 1. The molecule has 2 aromatic carbocycles. The maximum absolute atomic E-state index is 12.4. The molecule has 2 N–H and O–H groups in total. The molecule has 2 rings (SSSR count). The Morgan fingerprint density at radius 2 is 1.65 bits per heavy atom. The van der Waals surface area contributed by atoms with E-state index in [1.165, 1.54) is 0 Å². The van der Waals surface area contributed by atoms with E-state index in [2.05, 4.69) is 10.9 Å². The minimum atomic E-state index is -0.541. The Morgan fingerprint density at radius 1 is 0.935 bits per heavy atom. The van der Waals surface area contributed by atoms with E-state index in [1.54, 1.807) is 48.5 Å². The number of ether oxygens (including phenoxy) is 3. The molecular weight excluding hydrogens is 400 g/mol. The summed E-state index contributed by atoms with van der Waals surface area (Å²) in [7, 11) is 0. The third kappa shape index (κ3) is 8.00. The highest BCUT2D eigenvalue weighted by Crippen LogP contribution is 2.18. The molecule has 166 valence electrons. The number of esters is 1. The van der Waals surface area contributed by atoms with Gasteiger partial charge in [-0.15, -0.1) is 0 Å². The molecule has 0 radical (unpaired) electrons. The number of hydrogen-bond acceptors (Lipinski definition) is 6. The first kappa shape index (κ1) is 23.7. The van der Waals surface area contributed by atoms with Crippen molar-refractivity contribution in [3.8, 4) is 11.5 Å². The van der Waals surface area contributed by atoms with Crippen molar-refractivity contribution in [2.45, 2.75) is 27.2 Å². The predicted molar refractivity (Wildman–Crippen MR) is 115 cm³/mol. The van der Waals surface area contributed by atoms with E-state index in [0.29, 0.717) is 41.8 Å². The molecule has 0 atom stereocenters. The molecule has 0 saturated carbocycles. The maximum Gasteiger partial charge on any atom is 0.338 e. The lowest BCUT2D eigenvalue weighted by Gasteiger charge is -2.13. The van der Waals surface area contributed by atoms with Crippen molar-refractivity contribution in [3.05, 3.63) is 59.7 Å². The number of nitrogens with one attached hydrogen (secondary N) is 2. The molecule has 2 amide bonds. The van der Waals surface area contributed by atoms with E-state index < -0.39 is 17.8 Å². The van der Waals surface area contributed by atoms with Crippen LogP contribution in [0.15, 0.2) is 48.5 Å². The van der Waals surface area contributed by atoms with E-state index in [-0.39, 0.29) is 6.61 Å². The quantitative estimate of drug-likeness (QED) is 0.445. The van der Waals surface area contributed by atoms with Crippen LogP contribution in [0.4, 0.5) is 0 Å². The number of carbonyl (C=O) groups is 3. The molecule has 0 heterocycles. The molecule has 0 aliphatic rings. The lowest BCUT2D eigenvalue weighted by Crippen LogP contribution is -2.44. The lowest BCUT2D eigenvalue weighted by molar-refractivity contribution is -0.123. The van der Waals surface area contributed by atoms with Crippen LogP contribution >= 0.6 is 0 Å². The molecule has 0 aromatic heterocycles. The number of rotatable bonds is 10. The van der Waals surface area contributed by atoms with Crippen LogP contribution in [-0.2, 0) is 9.53 Å². The summed E-state index contributed by atoms with van der Waals surface area (Å²) in [5, 5.41) is 0. The number of para-hydroxylation sites is 1. The minimum Gasteiger partial charge on any atom is -0.492 e. The van der Waals surface area contributed by atoms with Crippen molar-refractivity contribution in [1.82, 2.24) is 10.9 Å². The Hall–Kier alpha value is -3.55. The van der Waals surface area contributed by atoms with Crippen LogP contribution in [0, 0.1) is 5.92 Å². The van der Waals surface area contributed by atoms with E-state index >= 15 is 0 Å². The second-order valence-corrected chi connectivity index (χ2v) is 7.15. The second kappa shape index (κ2) is 12.2. The van der Waals surface area contributed by atoms with Crippen molar-refractivity contribution in [2.24, 2.45) is 5.92 Å². The zero-order valence-electron chi connectivity index (χ0n) is 18.0. The van der Waals surface area contributed by atoms with Crippen LogP contribution in [0.25, 0.3) is 0 Å². The van der Waals surface area contributed by atoms with Gasteiger partial charge in [0.15, 0.2) is 6.61 Å². The molecule has 0 bridgehead atoms. The summed E-state index contributed by atoms with van der Waals surface area (Å²) >= 11 is 0. The molecular formula is C23H28N2O6. The second-order valence-electron chi connectivity index (χ2n) is 7.15. The predicted octanol–water partition coefficient (Wildman–Crippen LogP) is 3.13. The molecule has 31 heavy (non-hydrogen) atoms. The van der Waals surface area contributed by atoms with Gasteiger partial charge in [0, 0.05) is 0 Å². The van der Waals surface area contributed by atoms with Crippen molar-refractivity contribution < 1.29 is 28.6 Å². The molecule has 0 fully saturated rings. The number of carbonyl (C=O) groups excluding carboxylic acids is 3. The molecule has 0 aliphatic heterocycles. The molecule has 0 saturated heterocycles. The zero-order chi connectivity index (χ0) is 22.6. The first-order valence-electron chi connectivity index (χ1n) is 10.1. The number of benzene rings is 2. The van der Waals surface area contributed by atoms with Gasteiger partial charge in [0.2, 0.25) is 0 Å². The Kier molecular flexibility index (Phi) is 9.35. The third-order valence-corrected chi connectivity index (χ3v) is 3.92. The summed E-state index contributed by atoms with van der Waals surface area (Å²) in [6.07, 6.45) is 0.745. The van der Waals surface area contributed by atoms with Gasteiger partial charge < -0.3 is 14.2 Å². The first-order valence-corrected chi connectivity index (χ1v) is 10.1. The fourth-order valence-corrected chi connectivity index (χ4v) is 2.38. The molecule has 0 unspecified atom stereocenters. The summed E-state index contributed by atoms with van der Waals surface area (Å²) < 4.78 is 16.1. The summed E-state index contributed by atoms with van der Waals surface area (Å²) in [5.74, 6) is -0.295. The molecule has 8 nitrogen and oxygen atoms in total. The fraction of sp³-hybridized carbons (Fsp3) is 0.348. The highest BCUT2D eigenvalue weighted by Gasteiger charge is 2.14. The van der Waals surface area contributed by atoms with Gasteiger partial charge in [-0.05, 0) is 48.7 Å². The Balaban J connectivity index is 1.81. The molecule has 0 spiro atoms. The summed E-state index contributed by atoms with van der Waals surface area (Å²) in [6, 6.07) is 13.0. The zero-order valence-corrected chi connectivity index (χ0v) is 18.0. The van der Waals surface area contributed by atoms with Crippen LogP contribution in [0.5, 0.6) is 11.5 Å². The smallest absolute Gasteiger partial charge is 0.338 e. The van der Waals surface area contributed by atoms with Gasteiger partial charge in [-0.1, -0.05) is 32.9 Å². The van der Waals surface area contributed by atoms with Crippen molar-refractivity contribution >= 4 is 17.8 Å². The van der Waals surface area contributed by atoms with Crippen LogP contribution in [0.1, 0.15) is 47.9 Å². The SMILES string of the molecule is CCCOC(=O)c1ccc(OCC(=O)NNC(=O)c2ccccc2OCC(C)C)cc1. The number of amides is 2. The minimum absolute atomic E-state index is 0.309. The van der Waals surface area contributed by atoms with Crippen LogP contribution in [0.2, 0.25) is 0 Å². The Bertz CT molecular complexity index is 880. The van der Waals surface area contributed by atoms with Crippen molar-refractivity contribution in [3.63, 3.8) is 0 Å². The van der Waals surface area contributed by atoms with Gasteiger partial charge in [0.1, 0.15) is 11.5 Å². The van der Waals surface area contributed by atoms with Gasteiger partial charge in [-0.25, -0.2) is 4.79 Å². The standard InChI is InChI=1S/C23H28N2O6/c1-4-13-29-23(28)17-9-11-18(12-10-17)30-15-21(26)24-25-22(27)19-7-5-6-8-20(19)31-14-16(2)3/h5-12,16H,4,13-15H2,1-3H3,(H,24,26)(H,25,27). The number of hydrogen-bond donors (Lipinski definition) is 2. The molecule has 0 aliphatic carbocycles. The van der Waals surface area contributed by atoms with E-state index in [9.17, 15) is 14.4 Å². The van der Waals surface area contributed by atoms with Crippen LogP contribution < -0.4 is 20.3 Å². The Morgan fingerprint density at radius 3 is 2.32 bits per heavy atom. The highest BCUT2D eigenvalue weighted by molar-refractivity contribution is 5.97. The maximum atomic E-state index is 12.4. The Labute approximate surface area is 181 Å². The lowest BCUT2D eigenvalue weighted by atomic mass is 10.2. The topological polar surface area (TPSA) is 103 Å². The van der Waals surface area contributed by atoms with Gasteiger partial charge in [0.25, 0.3) is 11.8 Å². The van der Waals surface area contributed by atoms with Crippen molar-refractivity contribution in [1.29, 1.82) is 0 Å². The fourth-order valence-electron chi connectivity index (χ4n) is 2.38. The first-order chi connectivity index (χ1) is 14.9. The monoisotopic (exact) mass is 428 g/mol. The normalized spacial score (nSPS) is 10.3. The highest BCUT2D eigenvalue weighted by atomic mass is 16.5. The van der Waals surface area contributed by atoms with Gasteiger partial charge in [-0.3, -0.25) is 20.4 Å². The van der Waals surface area contributed by atoms with Gasteiger partial charge in [0.05, 0.1) is 24.3 Å². The summed E-state index contributed by atoms with van der Waals surface area (Å²) in [5.41, 5.74) is 5.36.